The van der Waals surface area contributed by atoms with E-state index in [-0.39, 0.29) is 16.8 Å². The first-order valence-electron chi connectivity index (χ1n) is 6.86. The second kappa shape index (κ2) is 7.77. The molecule has 0 spiro atoms. The Bertz CT molecular complexity index is 856. The standard InChI is InChI=1S/C17H13F3INO3/c1-4-8-5-9(17(23)25-3)16(15(20)14(8)19)22-12-7-13(24-2)11(21)6-10(12)18/h4-7,22H,1H2,2-3H3. The van der Waals surface area contributed by atoms with Crippen molar-refractivity contribution in [2.45, 2.75) is 0 Å². The first kappa shape index (κ1) is 19.1. The molecule has 1 N–H and O–H groups in total. The third-order valence-corrected chi connectivity index (χ3v) is 4.20. The number of hydrogen-bond donors (Lipinski definition) is 1. The number of esters is 1. The number of carbonyl (C=O) groups is 1. The summed E-state index contributed by atoms with van der Waals surface area (Å²) in [6.07, 6.45) is 1.06. The van der Waals surface area contributed by atoms with E-state index in [1.807, 2.05) is 22.6 Å². The van der Waals surface area contributed by atoms with Gasteiger partial charge in [0.1, 0.15) is 11.6 Å². The van der Waals surface area contributed by atoms with Gasteiger partial charge in [-0.2, -0.15) is 0 Å². The number of methoxy groups -OCH3 is 2. The molecule has 0 bridgehead atoms. The van der Waals surface area contributed by atoms with Crippen LogP contribution in [0.3, 0.4) is 0 Å². The maximum Gasteiger partial charge on any atom is 0.340 e. The molecule has 0 atom stereocenters. The van der Waals surface area contributed by atoms with Gasteiger partial charge >= 0.3 is 5.97 Å². The Hall–Kier alpha value is -2.23. The van der Waals surface area contributed by atoms with Crippen LogP contribution in [0.1, 0.15) is 15.9 Å². The lowest BCUT2D eigenvalue weighted by molar-refractivity contribution is 0.0601. The summed E-state index contributed by atoms with van der Waals surface area (Å²) in [4.78, 5) is 11.9. The Morgan fingerprint density at radius 2 is 1.88 bits per heavy atom. The van der Waals surface area contributed by atoms with Crippen molar-refractivity contribution in [3.05, 3.63) is 56.9 Å². The summed E-state index contributed by atoms with van der Waals surface area (Å²) in [5, 5.41) is 2.41. The zero-order chi connectivity index (χ0) is 18.7. The fourth-order valence-corrected chi connectivity index (χ4v) is 2.75. The van der Waals surface area contributed by atoms with E-state index in [9.17, 15) is 18.0 Å². The van der Waals surface area contributed by atoms with E-state index in [0.717, 1.165) is 25.3 Å². The van der Waals surface area contributed by atoms with Crippen molar-refractivity contribution in [3.8, 4) is 5.75 Å². The van der Waals surface area contributed by atoms with Crippen molar-refractivity contribution in [1.29, 1.82) is 0 Å². The van der Waals surface area contributed by atoms with Crippen LogP contribution in [0, 0.1) is 21.0 Å². The highest BCUT2D eigenvalue weighted by atomic mass is 127. The zero-order valence-corrected chi connectivity index (χ0v) is 15.4. The van der Waals surface area contributed by atoms with Crippen LogP contribution in [-0.2, 0) is 4.74 Å². The molecule has 0 aliphatic heterocycles. The van der Waals surface area contributed by atoms with Crippen molar-refractivity contribution >= 4 is 46.0 Å². The van der Waals surface area contributed by atoms with E-state index in [2.05, 4.69) is 16.6 Å². The average molecular weight is 463 g/mol. The van der Waals surface area contributed by atoms with Crippen LogP contribution in [0.25, 0.3) is 6.08 Å². The number of carbonyl (C=O) groups excluding carboxylic acids is 1. The molecular formula is C17H13F3INO3. The number of rotatable bonds is 5. The minimum Gasteiger partial charge on any atom is -0.496 e. The minimum atomic E-state index is -1.35. The van der Waals surface area contributed by atoms with Crippen molar-refractivity contribution in [3.63, 3.8) is 0 Å². The number of benzene rings is 2. The maximum atomic E-state index is 14.4. The highest BCUT2D eigenvalue weighted by molar-refractivity contribution is 14.1. The molecular weight excluding hydrogens is 450 g/mol. The Labute approximate surface area is 155 Å². The second-order valence-corrected chi connectivity index (χ2v) is 5.97. The fourth-order valence-electron chi connectivity index (χ4n) is 2.10. The molecule has 0 aromatic heterocycles. The molecule has 2 rings (SSSR count). The van der Waals surface area contributed by atoms with Gasteiger partial charge in [0.25, 0.3) is 0 Å². The van der Waals surface area contributed by atoms with Gasteiger partial charge in [0.15, 0.2) is 11.6 Å². The van der Waals surface area contributed by atoms with Crippen molar-refractivity contribution in [2.75, 3.05) is 19.5 Å². The number of halogens is 4. The van der Waals surface area contributed by atoms with Crippen LogP contribution in [-0.4, -0.2) is 20.2 Å². The van der Waals surface area contributed by atoms with Gasteiger partial charge in [-0.25, -0.2) is 18.0 Å². The monoisotopic (exact) mass is 463 g/mol. The molecule has 0 fully saturated rings. The summed E-state index contributed by atoms with van der Waals surface area (Å²) in [6, 6.07) is 3.50. The van der Waals surface area contributed by atoms with Gasteiger partial charge in [0.05, 0.1) is 34.7 Å². The van der Waals surface area contributed by atoms with Gasteiger partial charge in [-0.15, -0.1) is 0 Å². The van der Waals surface area contributed by atoms with Crippen molar-refractivity contribution in [2.24, 2.45) is 0 Å². The normalized spacial score (nSPS) is 10.3. The van der Waals surface area contributed by atoms with E-state index in [1.54, 1.807) is 0 Å². The smallest absolute Gasteiger partial charge is 0.340 e. The Morgan fingerprint density at radius 3 is 2.44 bits per heavy atom. The molecule has 132 valence electrons. The van der Waals surface area contributed by atoms with Gasteiger partial charge in [-0.3, -0.25) is 0 Å². The predicted molar refractivity (Wildman–Crippen MR) is 96.7 cm³/mol. The largest absolute Gasteiger partial charge is 0.496 e. The highest BCUT2D eigenvalue weighted by Crippen LogP contribution is 2.33. The average Bonchev–Trinajstić information content (AvgIpc) is 2.60. The van der Waals surface area contributed by atoms with Crippen LogP contribution in [0.2, 0.25) is 0 Å². The van der Waals surface area contributed by atoms with Crippen molar-refractivity contribution in [1.82, 2.24) is 0 Å². The van der Waals surface area contributed by atoms with E-state index in [0.29, 0.717) is 9.32 Å². The molecule has 0 heterocycles. The molecule has 8 heteroatoms. The van der Waals surface area contributed by atoms with Gasteiger partial charge < -0.3 is 14.8 Å². The Balaban J connectivity index is 2.65. The predicted octanol–water partition coefficient (Wildman–Crippen LogP) is 4.89. The molecule has 0 aliphatic rings. The number of anilines is 2. The van der Waals surface area contributed by atoms with Gasteiger partial charge in [0, 0.05) is 11.6 Å². The molecule has 0 amide bonds. The van der Waals surface area contributed by atoms with Gasteiger partial charge in [0.2, 0.25) is 0 Å². The summed E-state index contributed by atoms with van der Waals surface area (Å²) in [5.41, 5.74) is -1.25. The number of ether oxygens (including phenoxy) is 2. The van der Waals surface area contributed by atoms with E-state index >= 15 is 0 Å². The second-order valence-electron chi connectivity index (χ2n) is 4.80. The van der Waals surface area contributed by atoms with Crippen LogP contribution in [0.4, 0.5) is 24.5 Å². The van der Waals surface area contributed by atoms with E-state index < -0.39 is 29.1 Å². The number of hydrogen-bond acceptors (Lipinski definition) is 4. The summed E-state index contributed by atoms with van der Waals surface area (Å²) in [5.74, 6) is -3.89. The Morgan fingerprint density at radius 1 is 1.20 bits per heavy atom. The zero-order valence-electron chi connectivity index (χ0n) is 13.3. The quantitative estimate of drug-likeness (QED) is 0.507. The molecule has 0 saturated carbocycles. The lowest BCUT2D eigenvalue weighted by Gasteiger charge is -2.15. The third kappa shape index (κ3) is 3.73. The summed E-state index contributed by atoms with van der Waals surface area (Å²) < 4.78 is 52.8. The molecule has 0 unspecified atom stereocenters. The molecule has 4 nitrogen and oxygen atoms in total. The molecule has 2 aromatic carbocycles. The van der Waals surface area contributed by atoms with Gasteiger partial charge in [-0.05, 0) is 34.7 Å². The van der Waals surface area contributed by atoms with Gasteiger partial charge in [-0.1, -0.05) is 12.7 Å². The molecule has 2 aromatic rings. The van der Waals surface area contributed by atoms with Crippen LogP contribution < -0.4 is 10.1 Å². The van der Waals surface area contributed by atoms with E-state index in [1.165, 1.54) is 13.2 Å². The highest BCUT2D eigenvalue weighted by Gasteiger charge is 2.23. The molecule has 0 radical (unpaired) electrons. The summed E-state index contributed by atoms with van der Waals surface area (Å²) in [6.45, 7) is 3.36. The molecule has 0 saturated heterocycles. The topological polar surface area (TPSA) is 47.6 Å². The number of nitrogens with one attached hydrogen (secondary N) is 1. The van der Waals surface area contributed by atoms with Crippen molar-refractivity contribution < 1.29 is 27.4 Å². The van der Waals surface area contributed by atoms with Crippen LogP contribution in [0.15, 0.2) is 24.8 Å². The van der Waals surface area contributed by atoms with Crippen LogP contribution >= 0.6 is 22.6 Å². The third-order valence-electron chi connectivity index (χ3n) is 3.36. The molecule has 25 heavy (non-hydrogen) atoms. The Kier molecular flexibility index (Phi) is 5.93. The SMILES string of the molecule is C=Cc1cc(C(=O)OC)c(Nc2cc(OC)c(I)cc2F)c(F)c1F. The summed E-state index contributed by atoms with van der Waals surface area (Å²) >= 11 is 1.87. The lowest BCUT2D eigenvalue weighted by atomic mass is 10.1. The fraction of sp³-hybridized carbons (Fsp3) is 0.118. The summed E-state index contributed by atoms with van der Waals surface area (Å²) in [7, 11) is 2.48. The minimum absolute atomic E-state index is 0.188. The van der Waals surface area contributed by atoms with E-state index in [4.69, 9.17) is 4.74 Å². The first-order valence-corrected chi connectivity index (χ1v) is 7.94. The first-order chi connectivity index (χ1) is 11.8. The molecule has 0 aliphatic carbocycles. The maximum absolute atomic E-state index is 14.4. The lowest BCUT2D eigenvalue weighted by Crippen LogP contribution is -2.11. The van der Waals surface area contributed by atoms with Crippen LogP contribution in [0.5, 0.6) is 5.75 Å².